The summed E-state index contributed by atoms with van der Waals surface area (Å²) in [6.45, 7) is 7.59. The second kappa shape index (κ2) is 9.59. The molecule has 0 atom stereocenters. The summed E-state index contributed by atoms with van der Waals surface area (Å²) in [6.07, 6.45) is 4.59. The van der Waals surface area contributed by atoms with Gasteiger partial charge in [-0.3, -0.25) is 0 Å². The Kier molecular flexibility index (Phi) is 6.16. The number of hydrogen-bond donors (Lipinski definition) is 0. The average molecular weight is 475 g/mol. The van der Waals surface area contributed by atoms with Gasteiger partial charge in [0.1, 0.15) is 17.9 Å². The Morgan fingerprint density at radius 3 is 2.71 bits per heavy atom. The van der Waals surface area contributed by atoms with E-state index in [1.807, 2.05) is 0 Å². The van der Waals surface area contributed by atoms with Crippen LogP contribution in [0.25, 0.3) is 11.2 Å². The molecule has 1 aliphatic carbocycles. The smallest absolute Gasteiger partial charge is 0.164 e. The number of imidazole rings is 1. The van der Waals surface area contributed by atoms with Gasteiger partial charge in [0.15, 0.2) is 11.5 Å². The molecule has 0 N–H and O–H groups in total. The monoisotopic (exact) mass is 474 g/mol. The summed E-state index contributed by atoms with van der Waals surface area (Å²) in [5, 5.41) is 7.18. The summed E-state index contributed by atoms with van der Waals surface area (Å²) in [7, 11) is 1.73. The minimum absolute atomic E-state index is 0.486. The van der Waals surface area contributed by atoms with E-state index in [1.165, 1.54) is 24.0 Å². The van der Waals surface area contributed by atoms with E-state index in [4.69, 9.17) is 24.5 Å². The van der Waals surface area contributed by atoms with E-state index in [2.05, 4.69) is 51.7 Å². The van der Waals surface area contributed by atoms with Crippen LogP contribution in [0, 0.1) is 12.8 Å². The number of morpholine rings is 1. The predicted octanol–water partition coefficient (Wildman–Crippen LogP) is 4.14. The standard InChI is InChI=1S/C27H34N6O2/c1-19-5-3-6-21(15-19)22-7-4-10-33(30-22)24-16-23(31-11-13-35-14-12-31)26-27(29-24)32(17-20-8-9-20)25(28-26)18-34-2/h3,5-6,15-16,20H,4,7-14,17-18H2,1-2H3. The van der Waals surface area contributed by atoms with E-state index in [0.29, 0.717) is 12.5 Å². The number of hydrogen-bond acceptors (Lipinski definition) is 7. The number of pyridine rings is 1. The number of benzene rings is 1. The Bertz CT molecular complexity index is 1240. The molecule has 1 saturated heterocycles. The van der Waals surface area contributed by atoms with Gasteiger partial charge in [-0.1, -0.05) is 29.8 Å². The molecule has 3 aromatic rings. The summed E-state index contributed by atoms with van der Waals surface area (Å²) in [5.74, 6) is 2.56. The molecule has 1 aromatic carbocycles. The third-order valence-electron chi connectivity index (χ3n) is 7.15. The number of rotatable bonds is 7. The Labute approximate surface area is 206 Å². The first-order chi connectivity index (χ1) is 17.2. The Balaban J connectivity index is 1.46. The van der Waals surface area contributed by atoms with Gasteiger partial charge in [-0.25, -0.2) is 15.0 Å². The second-order valence-electron chi connectivity index (χ2n) is 9.93. The van der Waals surface area contributed by atoms with Gasteiger partial charge in [0.2, 0.25) is 0 Å². The third-order valence-corrected chi connectivity index (χ3v) is 7.15. The van der Waals surface area contributed by atoms with E-state index < -0.39 is 0 Å². The lowest BCUT2D eigenvalue weighted by molar-refractivity contribution is 0.123. The summed E-state index contributed by atoms with van der Waals surface area (Å²) in [5.41, 5.74) is 6.61. The fraction of sp³-hybridized carbons (Fsp3) is 0.519. The van der Waals surface area contributed by atoms with Crippen molar-refractivity contribution in [3.05, 3.63) is 47.3 Å². The van der Waals surface area contributed by atoms with Crippen LogP contribution in [0.1, 0.15) is 42.6 Å². The predicted molar refractivity (Wildman–Crippen MR) is 138 cm³/mol. The zero-order valence-electron chi connectivity index (χ0n) is 20.7. The molecule has 6 rings (SSSR count). The molecule has 0 radical (unpaired) electrons. The lowest BCUT2D eigenvalue weighted by Crippen LogP contribution is -2.36. The quantitative estimate of drug-likeness (QED) is 0.513. The van der Waals surface area contributed by atoms with Crippen LogP contribution in [0.3, 0.4) is 0 Å². The Morgan fingerprint density at radius 1 is 1.09 bits per heavy atom. The van der Waals surface area contributed by atoms with Crippen molar-refractivity contribution in [3.8, 4) is 0 Å². The average Bonchev–Trinajstić information content (AvgIpc) is 3.65. The highest BCUT2D eigenvalue weighted by molar-refractivity contribution is 6.01. The van der Waals surface area contributed by atoms with Crippen molar-refractivity contribution in [2.24, 2.45) is 11.0 Å². The highest BCUT2D eigenvalue weighted by atomic mass is 16.5. The molecule has 2 aromatic heterocycles. The molecule has 35 heavy (non-hydrogen) atoms. The molecular formula is C27H34N6O2. The van der Waals surface area contributed by atoms with Crippen LogP contribution in [-0.4, -0.2) is 60.2 Å². The second-order valence-corrected chi connectivity index (χ2v) is 9.93. The van der Waals surface area contributed by atoms with Crippen LogP contribution >= 0.6 is 0 Å². The summed E-state index contributed by atoms with van der Waals surface area (Å²) < 4.78 is 13.5. The van der Waals surface area contributed by atoms with Gasteiger partial charge in [0.05, 0.1) is 24.6 Å². The van der Waals surface area contributed by atoms with Gasteiger partial charge in [0.25, 0.3) is 0 Å². The molecule has 8 heteroatoms. The minimum Gasteiger partial charge on any atom is -0.378 e. The summed E-state index contributed by atoms with van der Waals surface area (Å²) in [4.78, 5) is 12.6. The molecule has 0 spiro atoms. The molecule has 3 aliphatic rings. The van der Waals surface area contributed by atoms with Crippen molar-refractivity contribution in [3.63, 3.8) is 0 Å². The topological polar surface area (TPSA) is 68.0 Å². The number of ether oxygens (including phenoxy) is 2. The van der Waals surface area contributed by atoms with Gasteiger partial charge in [0, 0.05) is 39.4 Å². The van der Waals surface area contributed by atoms with Gasteiger partial charge in [-0.2, -0.15) is 5.10 Å². The van der Waals surface area contributed by atoms with E-state index in [-0.39, 0.29) is 0 Å². The number of aromatic nitrogens is 3. The van der Waals surface area contributed by atoms with Crippen molar-refractivity contribution in [2.75, 3.05) is 49.9 Å². The molecule has 0 bridgehead atoms. The third kappa shape index (κ3) is 4.65. The van der Waals surface area contributed by atoms with Crippen molar-refractivity contribution >= 4 is 28.4 Å². The lowest BCUT2D eigenvalue weighted by atomic mass is 10.0. The van der Waals surface area contributed by atoms with Crippen LogP contribution in [0.2, 0.25) is 0 Å². The van der Waals surface area contributed by atoms with E-state index >= 15 is 0 Å². The fourth-order valence-electron chi connectivity index (χ4n) is 5.11. The van der Waals surface area contributed by atoms with E-state index in [9.17, 15) is 0 Å². The molecule has 8 nitrogen and oxygen atoms in total. The fourth-order valence-corrected chi connectivity index (χ4v) is 5.11. The molecular weight excluding hydrogens is 440 g/mol. The molecule has 0 unspecified atom stereocenters. The van der Waals surface area contributed by atoms with Crippen LogP contribution in [-0.2, 0) is 22.6 Å². The van der Waals surface area contributed by atoms with Crippen LogP contribution < -0.4 is 9.91 Å². The van der Waals surface area contributed by atoms with Gasteiger partial charge in [-0.05, 0) is 44.1 Å². The zero-order chi connectivity index (χ0) is 23.8. The van der Waals surface area contributed by atoms with Crippen molar-refractivity contribution < 1.29 is 9.47 Å². The highest BCUT2D eigenvalue weighted by Crippen LogP contribution is 2.36. The highest BCUT2D eigenvalue weighted by Gasteiger charge is 2.28. The largest absolute Gasteiger partial charge is 0.378 e. The molecule has 184 valence electrons. The maximum atomic E-state index is 5.65. The Morgan fingerprint density at radius 2 is 1.94 bits per heavy atom. The molecule has 0 amide bonds. The molecule has 2 fully saturated rings. The molecule has 4 heterocycles. The van der Waals surface area contributed by atoms with Crippen LogP contribution in [0.15, 0.2) is 35.4 Å². The van der Waals surface area contributed by atoms with Gasteiger partial charge < -0.3 is 18.9 Å². The maximum absolute atomic E-state index is 5.65. The number of fused-ring (bicyclic) bond motifs is 1. The molecule has 2 aliphatic heterocycles. The lowest BCUT2D eigenvalue weighted by Gasteiger charge is -2.30. The Hall–Kier alpha value is -2.97. The first kappa shape index (κ1) is 22.5. The number of aryl methyl sites for hydroxylation is 1. The zero-order valence-corrected chi connectivity index (χ0v) is 20.7. The SMILES string of the molecule is COCc1nc2c(N3CCOCC3)cc(N3CCCC(c4cccc(C)c4)=N3)nc2n1CC1CC1. The number of hydrazone groups is 1. The number of nitrogens with zero attached hydrogens (tertiary/aromatic N) is 6. The van der Waals surface area contributed by atoms with Crippen LogP contribution in [0.4, 0.5) is 11.5 Å². The van der Waals surface area contributed by atoms with Crippen molar-refractivity contribution in [2.45, 2.75) is 45.8 Å². The normalized spacial score (nSPS) is 18.9. The summed E-state index contributed by atoms with van der Waals surface area (Å²) >= 11 is 0. The van der Waals surface area contributed by atoms with Crippen molar-refractivity contribution in [1.29, 1.82) is 0 Å². The van der Waals surface area contributed by atoms with Crippen LogP contribution in [0.5, 0.6) is 0 Å². The molecule has 1 saturated carbocycles. The number of anilines is 2. The number of methoxy groups -OCH3 is 1. The minimum atomic E-state index is 0.486. The maximum Gasteiger partial charge on any atom is 0.164 e. The van der Waals surface area contributed by atoms with Gasteiger partial charge >= 0.3 is 0 Å². The van der Waals surface area contributed by atoms with Crippen molar-refractivity contribution in [1.82, 2.24) is 14.5 Å². The van der Waals surface area contributed by atoms with Gasteiger partial charge in [-0.15, -0.1) is 0 Å². The first-order valence-electron chi connectivity index (χ1n) is 12.8. The van der Waals surface area contributed by atoms with E-state index in [1.54, 1.807) is 7.11 Å². The first-order valence-corrected chi connectivity index (χ1v) is 12.8. The summed E-state index contributed by atoms with van der Waals surface area (Å²) in [6, 6.07) is 10.8. The van der Waals surface area contributed by atoms with E-state index in [0.717, 1.165) is 86.4 Å².